The Morgan fingerprint density at radius 1 is 1.23 bits per heavy atom. The number of rotatable bonds is 4. The third-order valence-corrected chi connectivity index (χ3v) is 6.69. The predicted molar refractivity (Wildman–Crippen MR) is 92.5 cm³/mol. The van der Waals surface area contributed by atoms with E-state index in [-0.39, 0.29) is 22.7 Å². The molecule has 2 aliphatic rings. The van der Waals surface area contributed by atoms with Crippen LogP contribution in [0.3, 0.4) is 0 Å². The first-order valence-corrected chi connectivity index (χ1v) is 8.75. The van der Waals surface area contributed by atoms with Crippen molar-refractivity contribution in [1.82, 2.24) is 0 Å². The van der Waals surface area contributed by atoms with E-state index in [1.54, 1.807) is 0 Å². The first kappa shape index (κ1) is 17.7. The molecule has 2 N–H and O–H groups in total. The van der Waals surface area contributed by atoms with Crippen LogP contribution in [-0.4, -0.2) is 21.9 Å². The molecule has 0 amide bonds. The molecule has 0 spiro atoms. The van der Waals surface area contributed by atoms with Crippen LogP contribution in [0.2, 0.25) is 0 Å². The molecule has 0 aromatic heterocycles. The zero-order valence-corrected chi connectivity index (χ0v) is 14.9. The zero-order valence-electron chi connectivity index (χ0n) is 14.9. The largest absolute Gasteiger partial charge is 0.393 e. The lowest BCUT2D eigenvalue weighted by molar-refractivity contribution is -0.214. The molecule has 2 heteroatoms. The minimum Gasteiger partial charge on any atom is -0.393 e. The molecule has 0 unspecified atom stereocenters. The van der Waals surface area contributed by atoms with Gasteiger partial charge in [-0.1, -0.05) is 52.0 Å². The molecule has 2 saturated carbocycles. The van der Waals surface area contributed by atoms with E-state index in [1.165, 1.54) is 12.8 Å². The minimum absolute atomic E-state index is 0.00956. The molecular formula is C20H34O2. The summed E-state index contributed by atoms with van der Waals surface area (Å²) in [7, 11) is 0. The minimum atomic E-state index is -0.806. The molecule has 2 aliphatic carbocycles. The Balaban J connectivity index is 2.35. The van der Waals surface area contributed by atoms with E-state index in [9.17, 15) is 10.2 Å². The van der Waals surface area contributed by atoms with Crippen molar-refractivity contribution in [3.63, 3.8) is 0 Å². The second-order valence-corrected chi connectivity index (χ2v) is 8.91. The van der Waals surface area contributed by atoms with E-state index in [0.29, 0.717) is 6.42 Å². The van der Waals surface area contributed by atoms with Crippen LogP contribution in [0, 0.1) is 22.7 Å². The van der Waals surface area contributed by atoms with Crippen molar-refractivity contribution < 1.29 is 10.2 Å². The molecule has 0 aliphatic heterocycles. The molecule has 22 heavy (non-hydrogen) atoms. The Kier molecular flexibility index (Phi) is 4.68. The first-order chi connectivity index (χ1) is 10.0. The summed E-state index contributed by atoms with van der Waals surface area (Å²) < 4.78 is 0. The van der Waals surface area contributed by atoms with Gasteiger partial charge in [0.2, 0.25) is 0 Å². The van der Waals surface area contributed by atoms with Crippen molar-refractivity contribution in [2.24, 2.45) is 22.7 Å². The summed E-state index contributed by atoms with van der Waals surface area (Å²) in [4.78, 5) is 0. The number of aliphatic hydroxyl groups excluding tert-OH is 1. The van der Waals surface area contributed by atoms with Gasteiger partial charge in [-0.25, -0.2) is 0 Å². The van der Waals surface area contributed by atoms with Crippen LogP contribution in [0.1, 0.15) is 66.2 Å². The highest BCUT2D eigenvalue weighted by Gasteiger charge is 2.60. The van der Waals surface area contributed by atoms with Gasteiger partial charge < -0.3 is 10.2 Å². The molecule has 2 rings (SSSR count). The highest BCUT2D eigenvalue weighted by Crippen LogP contribution is 2.62. The molecule has 2 fully saturated rings. The van der Waals surface area contributed by atoms with Crippen LogP contribution in [-0.2, 0) is 0 Å². The molecule has 0 aromatic carbocycles. The molecule has 2 nitrogen and oxygen atoms in total. The maximum atomic E-state index is 11.0. The number of hydrogen-bond donors (Lipinski definition) is 2. The Morgan fingerprint density at radius 3 is 2.45 bits per heavy atom. The number of hydrogen-bond acceptors (Lipinski definition) is 2. The van der Waals surface area contributed by atoms with Crippen molar-refractivity contribution in [2.45, 2.75) is 77.9 Å². The highest BCUT2D eigenvalue weighted by atomic mass is 16.3. The summed E-state index contributed by atoms with van der Waals surface area (Å²) in [6.07, 6.45) is 7.14. The van der Waals surface area contributed by atoms with Gasteiger partial charge in [0.05, 0.1) is 11.7 Å². The Bertz CT molecular complexity index is 449. The molecule has 0 saturated heterocycles. The number of aliphatic hydroxyl groups is 2. The monoisotopic (exact) mass is 306 g/mol. The van der Waals surface area contributed by atoms with Crippen LogP contribution in [0.25, 0.3) is 0 Å². The second-order valence-electron chi connectivity index (χ2n) is 8.91. The van der Waals surface area contributed by atoms with E-state index >= 15 is 0 Å². The second kappa shape index (κ2) is 5.79. The lowest BCUT2D eigenvalue weighted by atomic mass is 9.44. The average Bonchev–Trinajstić information content (AvgIpc) is 2.34. The molecule has 0 aromatic rings. The molecule has 126 valence electrons. The fraction of sp³-hybridized carbons (Fsp3) is 0.800. The lowest BCUT2D eigenvalue weighted by Gasteiger charge is -2.63. The maximum absolute atomic E-state index is 11.0. The molecule has 5 atom stereocenters. The van der Waals surface area contributed by atoms with E-state index in [4.69, 9.17) is 0 Å². The van der Waals surface area contributed by atoms with Crippen LogP contribution >= 0.6 is 0 Å². The first-order valence-electron chi connectivity index (χ1n) is 8.75. The quantitative estimate of drug-likeness (QED) is 0.752. The van der Waals surface area contributed by atoms with Gasteiger partial charge in [0.1, 0.15) is 0 Å². The van der Waals surface area contributed by atoms with Gasteiger partial charge in [0.15, 0.2) is 0 Å². The molecule has 0 bridgehead atoms. The standard InChI is InChI=1S/C20H34O2/c1-7-14(2)9-10-16-19(5)12-8-11-18(3,4)17(19)15(21)13-20(16,6)22/h7,15-17,21-22H,1-2,8-13H2,3-6H3/t15-,16+,17+,19+,20+/m1/s1. The van der Waals surface area contributed by atoms with Crippen molar-refractivity contribution >= 4 is 0 Å². The van der Waals surface area contributed by atoms with Gasteiger partial charge >= 0.3 is 0 Å². The van der Waals surface area contributed by atoms with E-state index in [2.05, 4.69) is 33.9 Å². The lowest BCUT2D eigenvalue weighted by Crippen LogP contribution is -2.62. The summed E-state index contributed by atoms with van der Waals surface area (Å²) in [6, 6.07) is 0. The Morgan fingerprint density at radius 2 is 1.86 bits per heavy atom. The smallest absolute Gasteiger partial charge is 0.0677 e. The van der Waals surface area contributed by atoms with E-state index < -0.39 is 11.7 Å². The topological polar surface area (TPSA) is 40.5 Å². The van der Waals surface area contributed by atoms with Gasteiger partial charge in [-0.3, -0.25) is 0 Å². The van der Waals surface area contributed by atoms with Crippen LogP contribution in [0.15, 0.2) is 24.8 Å². The summed E-state index contributed by atoms with van der Waals surface area (Å²) >= 11 is 0. The van der Waals surface area contributed by atoms with Gasteiger partial charge in [-0.05, 0) is 55.3 Å². The molecular weight excluding hydrogens is 272 g/mol. The van der Waals surface area contributed by atoms with Crippen molar-refractivity contribution in [3.05, 3.63) is 24.8 Å². The fourth-order valence-electron chi connectivity index (χ4n) is 5.95. The number of fused-ring (bicyclic) bond motifs is 1. The van der Waals surface area contributed by atoms with Crippen LogP contribution in [0.4, 0.5) is 0 Å². The van der Waals surface area contributed by atoms with Gasteiger partial charge in [-0.2, -0.15) is 0 Å². The van der Waals surface area contributed by atoms with E-state index in [0.717, 1.165) is 24.8 Å². The zero-order chi connectivity index (χ0) is 16.8. The Labute approximate surface area is 136 Å². The van der Waals surface area contributed by atoms with Gasteiger partial charge in [-0.15, -0.1) is 0 Å². The van der Waals surface area contributed by atoms with Gasteiger partial charge in [0.25, 0.3) is 0 Å². The summed E-state index contributed by atoms with van der Waals surface area (Å²) in [5.74, 6) is 0.459. The van der Waals surface area contributed by atoms with Crippen molar-refractivity contribution in [2.75, 3.05) is 0 Å². The third kappa shape index (κ3) is 2.92. The van der Waals surface area contributed by atoms with Crippen molar-refractivity contribution in [1.29, 1.82) is 0 Å². The average molecular weight is 306 g/mol. The van der Waals surface area contributed by atoms with Gasteiger partial charge in [0, 0.05) is 6.42 Å². The fourth-order valence-corrected chi connectivity index (χ4v) is 5.95. The van der Waals surface area contributed by atoms with E-state index in [1.807, 2.05) is 13.0 Å². The predicted octanol–water partition coefficient (Wildman–Crippen LogP) is 4.47. The van der Waals surface area contributed by atoms with Crippen LogP contribution in [0.5, 0.6) is 0 Å². The van der Waals surface area contributed by atoms with Crippen molar-refractivity contribution in [3.8, 4) is 0 Å². The Hall–Kier alpha value is -0.600. The summed E-state index contributed by atoms with van der Waals surface area (Å²) in [5, 5.41) is 21.8. The maximum Gasteiger partial charge on any atom is 0.0677 e. The number of allylic oxidation sites excluding steroid dienone is 2. The third-order valence-electron chi connectivity index (χ3n) is 6.69. The SMILES string of the molecule is C=CC(=C)CC[C@H]1[C@]2(C)CCCC(C)(C)[C@@H]2[C@H](O)C[C@]1(C)O. The molecule has 0 heterocycles. The van der Waals surface area contributed by atoms with Crippen LogP contribution < -0.4 is 0 Å². The molecule has 0 radical (unpaired) electrons. The summed E-state index contributed by atoms with van der Waals surface area (Å²) in [5.41, 5.74) is 0.359. The summed E-state index contributed by atoms with van der Waals surface area (Å²) in [6.45, 7) is 16.6. The highest BCUT2D eigenvalue weighted by molar-refractivity contribution is 5.14. The normalized spacial score (nSPS) is 44.2.